The largest absolute Gasteiger partial charge is 0.462 e. The highest BCUT2D eigenvalue weighted by Crippen LogP contribution is 2.41. The van der Waals surface area contributed by atoms with E-state index in [-0.39, 0.29) is 24.0 Å². The van der Waals surface area contributed by atoms with E-state index in [4.69, 9.17) is 4.74 Å². The molecule has 130 valence electrons. The number of rotatable bonds is 5. The van der Waals surface area contributed by atoms with E-state index >= 15 is 0 Å². The van der Waals surface area contributed by atoms with Crippen molar-refractivity contribution in [2.75, 3.05) is 18.5 Å². The molecule has 2 aromatic rings. The van der Waals surface area contributed by atoms with E-state index in [0.717, 1.165) is 40.9 Å². The van der Waals surface area contributed by atoms with Crippen LogP contribution in [-0.2, 0) is 4.74 Å². The predicted octanol–water partition coefficient (Wildman–Crippen LogP) is 3.14. The Labute approximate surface area is 145 Å². The topological polar surface area (TPSA) is 84.3 Å². The van der Waals surface area contributed by atoms with Crippen LogP contribution in [0.25, 0.3) is 10.2 Å². The summed E-state index contributed by atoms with van der Waals surface area (Å²) in [6, 6.07) is 0.158. The Balaban J connectivity index is 1.98. The van der Waals surface area contributed by atoms with E-state index in [0.29, 0.717) is 11.5 Å². The number of aliphatic hydroxyl groups excluding tert-OH is 1. The van der Waals surface area contributed by atoms with Crippen LogP contribution in [0.4, 0.5) is 5.82 Å². The maximum atomic E-state index is 12.1. The van der Waals surface area contributed by atoms with Gasteiger partial charge in [-0.1, -0.05) is 13.3 Å². The molecule has 0 spiro atoms. The number of anilines is 1. The minimum absolute atomic E-state index is 0.148. The standard InChI is InChI=1S/C17H23N3O3S/c1-4-23-16(22)13-10(2)12-14(18-9-19-15(12)24-13)20-11-6-5-7-17(11,3)8-21/h9,11,21H,4-8H2,1-3H3,(H,18,19,20)/t11-,17+/m0/s1. The lowest BCUT2D eigenvalue weighted by atomic mass is 9.86. The zero-order valence-corrected chi connectivity index (χ0v) is 15.1. The van der Waals surface area contributed by atoms with Crippen molar-refractivity contribution < 1.29 is 14.6 Å². The number of carbonyl (C=O) groups is 1. The molecule has 1 saturated carbocycles. The minimum Gasteiger partial charge on any atom is -0.462 e. The molecule has 0 aliphatic heterocycles. The first kappa shape index (κ1) is 17.1. The Hall–Kier alpha value is -1.73. The number of aromatic nitrogens is 2. The van der Waals surface area contributed by atoms with Crippen molar-refractivity contribution in [2.45, 2.75) is 46.1 Å². The number of aliphatic hydroxyl groups is 1. The number of fused-ring (bicyclic) bond motifs is 1. The molecule has 1 fully saturated rings. The third kappa shape index (κ3) is 2.86. The molecule has 3 rings (SSSR count). The van der Waals surface area contributed by atoms with Gasteiger partial charge in [0, 0.05) is 11.5 Å². The number of esters is 1. The molecule has 0 amide bonds. The van der Waals surface area contributed by atoms with E-state index in [2.05, 4.69) is 22.2 Å². The Morgan fingerprint density at radius 2 is 2.33 bits per heavy atom. The van der Waals surface area contributed by atoms with Crippen LogP contribution in [-0.4, -0.2) is 40.3 Å². The fourth-order valence-corrected chi connectivity index (χ4v) is 4.45. The second-order valence-electron chi connectivity index (χ2n) is 6.58. The summed E-state index contributed by atoms with van der Waals surface area (Å²) in [4.78, 5) is 22.2. The lowest BCUT2D eigenvalue weighted by Gasteiger charge is -2.30. The van der Waals surface area contributed by atoms with E-state index in [1.807, 2.05) is 6.92 Å². The van der Waals surface area contributed by atoms with Gasteiger partial charge in [-0.05, 0) is 32.3 Å². The molecule has 0 unspecified atom stereocenters. The lowest BCUT2D eigenvalue weighted by molar-refractivity contribution is 0.0531. The van der Waals surface area contributed by atoms with Crippen molar-refractivity contribution in [1.29, 1.82) is 0 Å². The van der Waals surface area contributed by atoms with Crippen LogP contribution < -0.4 is 5.32 Å². The number of ether oxygens (including phenoxy) is 1. The second kappa shape index (κ2) is 6.64. The average molecular weight is 349 g/mol. The summed E-state index contributed by atoms with van der Waals surface area (Å²) in [5.41, 5.74) is 0.700. The molecular weight excluding hydrogens is 326 g/mol. The van der Waals surface area contributed by atoms with E-state index in [1.165, 1.54) is 17.7 Å². The summed E-state index contributed by atoms with van der Waals surface area (Å²) in [6.07, 6.45) is 4.59. The second-order valence-corrected chi connectivity index (χ2v) is 7.58. The van der Waals surface area contributed by atoms with Gasteiger partial charge in [0.25, 0.3) is 0 Å². The number of carbonyl (C=O) groups excluding carboxylic acids is 1. The molecule has 0 aromatic carbocycles. The molecule has 1 aliphatic carbocycles. The highest BCUT2D eigenvalue weighted by atomic mass is 32.1. The lowest BCUT2D eigenvalue weighted by Crippen LogP contribution is -2.36. The number of hydrogen-bond acceptors (Lipinski definition) is 7. The van der Waals surface area contributed by atoms with Crippen molar-refractivity contribution in [1.82, 2.24) is 9.97 Å². The normalized spacial score (nSPS) is 23.6. The van der Waals surface area contributed by atoms with Gasteiger partial charge in [-0.15, -0.1) is 11.3 Å². The molecule has 2 atom stereocenters. The highest BCUT2D eigenvalue weighted by Gasteiger charge is 2.38. The van der Waals surface area contributed by atoms with Crippen molar-refractivity contribution in [3.63, 3.8) is 0 Å². The van der Waals surface area contributed by atoms with Crippen molar-refractivity contribution in [3.8, 4) is 0 Å². The Kier molecular flexibility index (Phi) is 4.73. The van der Waals surface area contributed by atoms with Crippen LogP contribution in [0.2, 0.25) is 0 Å². The Morgan fingerprint density at radius 3 is 3.04 bits per heavy atom. The smallest absolute Gasteiger partial charge is 0.348 e. The molecule has 2 heterocycles. The van der Waals surface area contributed by atoms with E-state index < -0.39 is 0 Å². The number of hydrogen-bond donors (Lipinski definition) is 2. The molecule has 0 saturated heterocycles. The predicted molar refractivity (Wildman–Crippen MR) is 94.6 cm³/mol. The van der Waals surface area contributed by atoms with Crippen molar-refractivity contribution in [2.24, 2.45) is 5.41 Å². The van der Waals surface area contributed by atoms with Crippen molar-refractivity contribution in [3.05, 3.63) is 16.8 Å². The van der Waals surface area contributed by atoms with Gasteiger partial charge in [0.2, 0.25) is 0 Å². The summed E-state index contributed by atoms with van der Waals surface area (Å²) in [6.45, 7) is 6.29. The first-order valence-electron chi connectivity index (χ1n) is 8.28. The van der Waals surface area contributed by atoms with Crippen LogP contribution in [0.1, 0.15) is 48.3 Å². The molecular formula is C17H23N3O3S. The van der Waals surface area contributed by atoms with Crippen LogP contribution >= 0.6 is 11.3 Å². The Bertz CT molecular complexity index is 761. The molecule has 1 aliphatic rings. The summed E-state index contributed by atoms with van der Waals surface area (Å²) in [7, 11) is 0. The van der Waals surface area contributed by atoms with Gasteiger partial charge in [0.1, 0.15) is 21.9 Å². The van der Waals surface area contributed by atoms with Gasteiger partial charge in [0.05, 0.1) is 18.6 Å². The average Bonchev–Trinajstić information content (AvgIpc) is 3.10. The monoisotopic (exact) mass is 349 g/mol. The van der Waals surface area contributed by atoms with Gasteiger partial charge in [-0.2, -0.15) is 0 Å². The molecule has 2 aromatic heterocycles. The molecule has 7 heteroatoms. The molecule has 24 heavy (non-hydrogen) atoms. The fraction of sp³-hybridized carbons (Fsp3) is 0.588. The molecule has 2 N–H and O–H groups in total. The third-order valence-corrected chi connectivity index (χ3v) is 6.12. The first-order valence-corrected chi connectivity index (χ1v) is 9.10. The van der Waals surface area contributed by atoms with Gasteiger partial charge in [-0.3, -0.25) is 0 Å². The summed E-state index contributed by atoms with van der Waals surface area (Å²) in [5, 5.41) is 14.1. The maximum Gasteiger partial charge on any atom is 0.348 e. The minimum atomic E-state index is -0.315. The molecule has 0 radical (unpaired) electrons. The van der Waals surface area contributed by atoms with Gasteiger partial charge in [0.15, 0.2) is 0 Å². The fourth-order valence-electron chi connectivity index (χ4n) is 3.41. The first-order chi connectivity index (χ1) is 11.5. The van der Waals surface area contributed by atoms with Gasteiger partial charge in [-0.25, -0.2) is 14.8 Å². The Morgan fingerprint density at radius 1 is 1.54 bits per heavy atom. The van der Waals surface area contributed by atoms with Crippen LogP contribution in [0.3, 0.4) is 0 Å². The molecule has 0 bridgehead atoms. The maximum absolute atomic E-state index is 12.1. The van der Waals surface area contributed by atoms with E-state index in [1.54, 1.807) is 6.92 Å². The summed E-state index contributed by atoms with van der Waals surface area (Å²) < 4.78 is 5.13. The number of thiophene rings is 1. The number of nitrogens with zero attached hydrogens (tertiary/aromatic N) is 2. The SMILES string of the molecule is CCOC(=O)c1sc2ncnc(N[C@H]3CCC[C@]3(C)CO)c2c1C. The summed E-state index contributed by atoms with van der Waals surface area (Å²) in [5.74, 6) is 0.417. The quantitative estimate of drug-likeness (QED) is 0.807. The number of aryl methyl sites for hydroxylation is 1. The summed E-state index contributed by atoms with van der Waals surface area (Å²) >= 11 is 1.33. The van der Waals surface area contributed by atoms with Crippen LogP contribution in [0, 0.1) is 12.3 Å². The van der Waals surface area contributed by atoms with Gasteiger partial charge < -0.3 is 15.2 Å². The third-order valence-electron chi connectivity index (χ3n) is 4.94. The zero-order chi connectivity index (χ0) is 17.3. The van der Waals surface area contributed by atoms with Crippen LogP contribution in [0.5, 0.6) is 0 Å². The van der Waals surface area contributed by atoms with E-state index in [9.17, 15) is 9.90 Å². The van der Waals surface area contributed by atoms with Gasteiger partial charge >= 0.3 is 5.97 Å². The number of nitrogens with one attached hydrogen (secondary N) is 1. The highest BCUT2D eigenvalue weighted by molar-refractivity contribution is 7.20. The van der Waals surface area contributed by atoms with Crippen molar-refractivity contribution >= 4 is 33.3 Å². The molecule has 6 nitrogen and oxygen atoms in total. The zero-order valence-electron chi connectivity index (χ0n) is 14.3. The van der Waals surface area contributed by atoms with Crippen LogP contribution in [0.15, 0.2) is 6.33 Å².